The molecule has 0 N–H and O–H groups in total. The fourth-order valence-corrected chi connectivity index (χ4v) is 5.44. The summed E-state index contributed by atoms with van der Waals surface area (Å²) in [6, 6.07) is 35.7. The summed E-state index contributed by atoms with van der Waals surface area (Å²) in [5.74, 6) is -1.13. The number of ether oxygens (including phenoxy) is 4. The molecular formula is C46H56O8. The van der Waals surface area contributed by atoms with Gasteiger partial charge in [0.2, 0.25) is 0 Å². The first-order valence-corrected chi connectivity index (χ1v) is 18.8. The maximum atomic E-state index is 12.5. The number of esters is 4. The van der Waals surface area contributed by atoms with Crippen LogP contribution in [-0.2, 0) is 18.9 Å². The molecule has 4 aromatic carbocycles. The third-order valence-corrected chi connectivity index (χ3v) is 9.23. The Balaban J connectivity index is 0.000000290. The quantitative estimate of drug-likeness (QED) is 0.0827. The lowest BCUT2D eigenvalue weighted by Crippen LogP contribution is -2.38. The largest absolute Gasteiger partial charge is 0.458 e. The molecule has 288 valence electrons. The summed E-state index contributed by atoms with van der Waals surface area (Å²) in [4.78, 5) is 49.8. The van der Waals surface area contributed by atoms with Crippen LogP contribution in [0.1, 0.15) is 116 Å². The lowest BCUT2D eigenvalue weighted by molar-refractivity contribution is -0.0504. The lowest BCUT2D eigenvalue weighted by Gasteiger charge is -2.33. The molecule has 4 aromatic rings. The SMILES string of the molecule is CC(C)C(CC(OC(=O)c1ccccc1)C(C)C)OC(=O)c1ccccc1.CCC(C)(CC(OC(=O)c1ccccc1)C(C)C)OC(=O)c1ccccc1. The molecule has 0 radical (unpaired) electrons. The van der Waals surface area contributed by atoms with E-state index in [1.165, 1.54) is 0 Å². The average Bonchev–Trinajstić information content (AvgIpc) is 3.18. The van der Waals surface area contributed by atoms with E-state index in [0.29, 0.717) is 41.5 Å². The normalized spacial score (nSPS) is 13.8. The highest BCUT2D eigenvalue weighted by Crippen LogP contribution is 2.29. The first kappa shape index (κ1) is 43.2. The van der Waals surface area contributed by atoms with Crippen molar-refractivity contribution in [1.29, 1.82) is 0 Å². The van der Waals surface area contributed by atoms with Crippen molar-refractivity contribution < 1.29 is 38.1 Å². The Kier molecular flexibility index (Phi) is 17.2. The van der Waals surface area contributed by atoms with Crippen molar-refractivity contribution in [2.24, 2.45) is 17.8 Å². The van der Waals surface area contributed by atoms with Gasteiger partial charge in [-0.15, -0.1) is 0 Å². The molecule has 0 aliphatic carbocycles. The molecule has 4 rings (SSSR count). The van der Waals surface area contributed by atoms with Gasteiger partial charge in [0.05, 0.1) is 22.3 Å². The fourth-order valence-electron chi connectivity index (χ4n) is 5.44. The number of carbonyl (C=O) groups is 4. The summed E-state index contributed by atoms with van der Waals surface area (Å²) in [6.07, 6.45) is 0.497. The van der Waals surface area contributed by atoms with Crippen LogP contribution in [0, 0.1) is 17.8 Å². The van der Waals surface area contributed by atoms with E-state index in [-0.39, 0.29) is 59.9 Å². The van der Waals surface area contributed by atoms with Crippen molar-refractivity contribution in [3.63, 3.8) is 0 Å². The molecule has 4 atom stereocenters. The Morgan fingerprint density at radius 3 is 1.02 bits per heavy atom. The van der Waals surface area contributed by atoms with Gasteiger partial charge in [0.1, 0.15) is 23.9 Å². The van der Waals surface area contributed by atoms with E-state index in [4.69, 9.17) is 18.9 Å². The van der Waals surface area contributed by atoms with Crippen LogP contribution in [0.5, 0.6) is 0 Å². The van der Waals surface area contributed by atoms with Crippen molar-refractivity contribution in [2.45, 2.75) is 98.6 Å². The molecule has 4 unspecified atom stereocenters. The van der Waals surface area contributed by atoms with E-state index in [0.717, 1.165) is 0 Å². The topological polar surface area (TPSA) is 105 Å². The number of benzene rings is 4. The summed E-state index contributed by atoms with van der Waals surface area (Å²) in [5, 5.41) is 0. The molecule has 0 spiro atoms. The Morgan fingerprint density at radius 1 is 0.463 bits per heavy atom. The standard InChI is InChI=1S/2C23H28O4/c1-16(2)20(26-22(24)18-11-7-5-8-12-18)15-21(17(3)4)27-23(25)19-13-9-6-10-14-19;1-5-23(4,27-22(25)19-14-10-7-11-15-19)16-20(17(2)3)26-21(24)18-12-8-6-9-13-18/h5-14,16-17,20-21H,15H2,1-4H3;6-15,17,20H,5,16H2,1-4H3. The molecule has 0 aliphatic heterocycles. The second-order valence-electron chi connectivity index (χ2n) is 14.7. The highest BCUT2D eigenvalue weighted by atomic mass is 16.6. The smallest absolute Gasteiger partial charge is 0.338 e. The van der Waals surface area contributed by atoms with Gasteiger partial charge in [-0.2, -0.15) is 0 Å². The van der Waals surface area contributed by atoms with Crippen LogP contribution in [0.4, 0.5) is 0 Å². The van der Waals surface area contributed by atoms with E-state index in [2.05, 4.69) is 0 Å². The monoisotopic (exact) mass is 736 g/mol. The third-order valence-electron chi connectivity index (χ3n) is 9.23. The molecule has 0 heterocycles. The lowest BCUT2D eigenvalue weighted by atomic mass is 9.90. The molecule has 54 heavy (non-hydrogen) atoms. The molecule has 0 saturated heterocycles. The zero-order valence-corrected chi connectivity index (χ0v) is 32.9. The maximum absolute atomic E-state index is 12.5. The van der Waals surface area contributed by atoms with Crippen LogP contribution in [0.25, 0.3) is 0 Å². The number of hydrogen-bond donors (Lipinski definition) is 0. The average molecular weight is 737 g/mol. The number of rotatable bonds is 16. The van der Waals surface area contributed by atoms with Gasteiger partial charge >= 0.3 is 23.9 Å². The van der Waals surface area contributed by atoms with E-state index in [1.807, 2.05) is 79.7 Å². The van der Waals surface area contributed by atoms with E-state index in [9.17, 15) is 19.2 Å². The molecule has 0 bridgehead atoms. The molecular weight excluding hydrogens is 680 g/mol. The molecule has 0 aromatic heterocycles. The highest BCUT2D eigenvalue weighted by Gasteiger charge is 2.34. The first-order valence-electron chi connectivity index (χ1n) is 18.8. The Hall–Kier alpha value is -5.24. The van der Waals surface area contributed by atoms with Crippen LogP contribution in [-0.4, -0.2) is 47.8 Å². The van der Waals surface area contributed by atoms with Crippen molar-refractivity contribution in [3.8, 4) is 0 Å². The van der Waals surface area contributed by atoms with Gasteiger partial charge in [-0.1, -0.05) is 121 Å². The molecule has 0 aliphatic rings. The van der Waals surface area contributed by atoms with Gasteiger partial charge in [0, 0.05) is 12.8 Å². The van der Waals surface area contributed by atoms with Gasteiger partial charge in [0.15, 0.2) is 0 Å². The van der Waals surface area contributed by atoms with E-state index in [1.54, 1.807) is 97.1 Å². The highest BCUT2D eigenvalue weighted by molar-refractivity contribution is 5.91. The van der Waals surface area contributed by atoms with Crippen LogP contribution in [0.15, 0.2) is 121 Å². The first-order chi connectivity index (χ1) is 25.7. The van der Waals surface area contributed by atoms with Crippen molar-refractivity contribution in [2.75, 3.05) is 0 Å². The minimum Gasteiger partial charge on any atom is -0.458 e. The maximum Gasteiger partial charge on any atom is 0.338 e. The third kappa shape index (κ3) is 14.0. The van der Waals surface area contributed by atoms with Crippen molar-refractivity contribution in [1.82, 2.24) is 0 Å². The van der Waals surface area contributed by atoms with Gasteiger partial charge in [0.25, 0.3) is 0 Å². The molecule has 0 amide bonds. The summed E-state index contributed by atoms with van der Waals surface area (Å²) < 4.78 is 23.0. The fraction of sp³-hybridized carbons (Fsp3) is 0.391. The van der Waals surface area contributed by atoms with E-state index < -0.39 is 5.60 Å². The summed E-state index contributed by atoms with van der Waals surface area (Å²) in [7, 11) is 0. The zero-order chi connectivity index (χ0) is 39.7. The Labute approximate surface area is 321 Å². The van der Waals surface area contributed by atoms with Crippen molar-refractivity contribution >= 4 is 23.9 Å². The minimum atomic E-state index is -0.723. The molecule has 8 heteroatoms. The van der Waals surface area contributed by atoms with Gasteiger partial charge in [-0.05, 0) is 79.6 Å². The van der Waals surface area contributed by atoms with Crippen LogP contribution >= 0.6 is 0 Å². The summed E-state index contributed by atoms with van der Waals surface area (Å²) in [5.41, 5.74) is 1.34. The van der Waals surface area contributed by atoms with E-state index >= 15 is 0 Å². The minimum absolute atomic E-state index is 0.0963. The second kappa shape index (κ2) is 21.5. The van der Waals surface area contributed by atoms with Crippen molar-refractivity contribution in [3.05, 3.63) is 144 Å². The van der Waals surface area contributed by atoms with Gasteiger partial charge in [-0.25, -0.2) is 19.2 Å². The Morgan fingerprint density at radius 2 is 0.741 bits per heavy atom. The predicted octanol–water partition coefficient (Wildman–Crippen LogP) is 10.4. The van der Waals surface area contributed by atoms with Crippen LogP contribution in [0.3, 0.4) is 0 Å². The van der Waals surface area contributed by atoms with Crippen LogP contribution < -0.4 is 0 Å². The molecule has 0 saturated carbocycles. The summed E-state index contributed by atoms with van der Waals surface area (Å²) in [6.45, 7) is 15.8. The molecule has 0 fully saturated rings. The van der Waals surface area contributed by atoms with Gasteiger partial charge < -0.3 is 18.9 Å². The predicted molar refractivity (Wildman–Crippen MR) is 211 cm³/mol. The van der Waals surface area contributed by atoms with Gasteiger partial charge in [-0.3, -0.25) is 0 Å². The van der Waals surface area contributed by atoms with Crippen LogP contribution in [0.2, 0.25) is 0 Å². The molecule has 8 nitrogen and oxygen atoms in total. The number of hydrogen-bond acceptors (Lipinski definition) is 8. The Bertz CT molecular complexity index is 1660. The second-order valence-corrected chi connectivity index (χ2v) is 14.7. The summed E-state index contributed by atoms with van der Waals surface area (Å²) >= 11 is 0. The number of carbonyl (C=O) groups excluding carboxylic acids is 4. The zero-order valence-electron chi connectivity index (χ0n) is 32.9.